The van der Waals surface area contributed by atoms with Gasteiger partial charge in [-0.15, -0.1) is 0 Å². The number of ketones is 1. The zero-order valence-corrected chi connectivity index (χ0v) is 10.6. The van der Waals surface area contributed by atoms with Crippen molar-refractivity contribution in [3.8, 4) is 0 Å². The second kappa shape index (κ2) is 5.61. The lowest BCUT2D eigenvalue weighted by atomic mass is 10.1. The summed E-state index contributed by atoms with van der Waals surface area (Å²) in [6.07, 6.45) is 0.775. The molecule has 0 aromatic heterocycles. The minimum absolute atomic E-state index is 0.0642. The van der Waals surface area contributed by atoms with E-state index in [0.717, 1.165) is 0 Å². The maximum absolute atomic E-state index is 13.3. The Morgan fingerprint density at radius 3 is 2.87 bits per heavy atom. The number of hydrogen-bond donors (Lipinski definition) is 0. The zero-order valence-electron chi connectivity index (χ0n) is 8.27. The van der Waals surface area contributed by atoms with E-state index in [0.29, 0.717) is 23.4 Å². The van der Waals surface area contributed by atoms with Gasteiger partial charge in [-0.05, 0) is 30.2 Å². The number of alkyl halides is 1. The molecule has 0 aliphatic carbocycles. The monoisotopic (exact) mass is 292 g/mol. The fourth-order valence-corrected chi connectivity index (χ4v) is 2.10. The van der Waals surface area contributed by atoms with E-state index in [1.807, 2.05) is 0 Å². The van der Waals surface area contributed by atoms with Crippen molar-refractivity contribution in [3.63, 3.8) is 0 Å². The van der Waals surface area contributed by atoms with Crippen LogP contribution in [0.5, 0.6) is 0 Å². The van der Waals surface area contributed by atoms with E-state index in [9.17, 15) is 9.18 Å². The van der Waals surface area contributed by atoms with Gasteiger partial charge in [0.2, 0.25) is 0 Å². The van der Waals surface area contributed by atoms with Crippen molar-refractivity contribution in [2.45, 2.75) is 24.6 Å². The largest absolute Gasteiger partial charge is 0.298 e. The molecule has 1 aromatic rings. The minimum atomic E-state index is -0.338. The number of carbonyl (C=O) groups is 1. The molecular weight excluding hydrogens is 282 g/mol. The van der Waals surface area contributed by atoms with Crippen molar-refractivity contribution in [1.29, 1.82) is 0 Å². The zero-order chi connectivity index (χ0) is 11.4. The Bertz CT molecular complexity index is 368. The van der Waals surface area contributed by atoms with Crippen LogP contribution in [-0.4, -0.2) is 10.6 Å². The lowest BCUT2D eigenvalue weighted by Crippen LogP contribution is -2.16. The van der Waals surface area contributed by atoms with Crippen LogP contribution in [0.15, 0.2) is 18.2 Å². The summed E-state index contributed by atoms with van der Waals surface area (Å²) >= 11 is 8.99. The molecule has 1 nitrogen and oxygen atoms in total. The predicted molar refractivity (Wildman–Crippen MR) is 63.1 cm³/mol. The molecular formula is C11H11BrClFO. The molecule has 1 aromatic carbocycles. The number of halogens is 3. The van der Waals surface area contributed by atoms with Crippen molar-refractivity contribution in [2.75, 3.05) is 0 Å². The second-order valence-corrected chi connectivity index (χ2v) is 4.77. The predicted octanol–water partition coefficient (Wildman–Crippen LogP) is 3.76. The van der Waals surface area contributed by atoms with Crippen molar-refractivity contribution >= 4 is 33.3 Å². The summed E-state index contributed by atoms with van der Waals surface area (Å²) in [6, 6.07) is 4.35. The van der Waals surface area contributed by atoms with Crippen LogP contribution in [0.1, 0.15) is 18.9 Å². The fraction of sp³-hybridized carbons (Fsp3) is 0.364. The maximum Gasteiger partial charge on any atom is 0.146 e. The molecule has 15 heavy (non-hydrogen) atoms. The highest BCUT2D eigenvalue weighted by Gasteiger charge is 2.15. The van der Waals surface area contributed by atoms with E-state index in [-0.39, 0.29) is 16.4 Å². The van der Waals surface area contributed by atoms with Crippen molar-refractivity contribution in [2.24, 2.45) is 0 Å². The van der Waals surface area contributed by atoms with Crippen LogP contribution in [0.2, 0.25) is 5.02 Å². The van der Waals surface area contributed by atoms with E-state index >= 15 is 0 Å². The van der Waals surface area contributed by atoms with E-state index < -0.39 is 0 Å². The first kappa shape index (κ1) is 12.7. The molecule has 0 saturated carbocycles. The number of rotatable bonds is 4. The Labute approximate surface area is 102 Å². The standard InChI is InChI=1S/C11H11BrClFO/c1-2-11(15)9(12)6-7-5-8(13)3-4-10(7)14/h3-5,9H,2,6H2,1H3. The van der Waals surface area contributed by atoms with E-state index in [4.69, 9.17) is 11.6 Å². The third kappa shape index (κ3) is 3.58. The van der Waals surface area contributed by atoms with Gasteiger partial charge < -0.3 is 0 Å². The van der Waals surface area contributed by atoms with Gasteiger partial charge in [0.1, 0.15) is 11.6 Å². The first-order valence-electron chi connectivity index (χ1n) is 4.65. The smallest absolute Gasteiger partial charge is 0.146 e. The topological polar surface area (TPSA) is 17.1 Å². The molecule has 0 radical (unpaired) electrons. The molecule has 0 amide bonds. The quantitative estimate of drug-likeness (QED) is 0.773. The summed E-state index contributed by atoms with van der Waals surface area (Å²) < 4.78 is 13.3. The molecule has 0 heterocycles. The van der Waals surface area contributed by atoms with Gasteiger partial charge in [0.05, 0.1) is 4.83 Å². The van der Waals surface area contributed by atoms with E-state index in [1.165, 1.54) is 12.1 Å². The van der Waals surface area contributed by atoms with Gasteiger partial charge in [0.25, 0.3) is 0 Å². The first-order chi connectivity index (χ1) is 7.04. The van der Waals surface area contributed by atoms with Gasteiger partial charge in [-0.3, -0.25) is 4.79 Å². The third-order valence-corrected chi connectivity index (χ3v) is 3.17. The molecule has 0 saturated heterocycles. The summed E-state index contributed by atoms with van der Waals surface area (Å²) in [4.78, 5) is 11.0. The van der Waals surface area contributed by atoms with Crippen LogP contribution in [-0.2, 0) is 11.2 Å². The summed E-state index contributed by atoms with van der Waals surface area (Å²) in [5.41, 5.74) is 0.464. The Morgan fingerprint density at radius 2 is 2.27 bits per heavy atom. The van der Waals surface area contributed by atoms with E-state index in [2.05, 4.69) is 15.9 Å². The van der Waals surface area contributed by atoms with Crippen LogP contribution in [0, 0.1) is 5.82 Å². The molecule has 0 spiro atoms. The van der Waals surface area contributed by atoms with Crippen LogP contribution < -0.4 is 0 Å². The van der Waals surface area contributed by atoms with Crippen molar-refractivity contribution in [1.82, 2.24) is 0 Å². The van der Waals surface area contributed by atoms with Gasteiger partial charge in [0.15, 0.2) is 0 Å². The molecule has 1 unspecified atom stereocenters. The van der Waals surface area contributed by atoms with Gasteiger partial charge in [0, 0.05) is 11.4 Å². The van der Waals surface area contributed by atoms with Crippen LogP contribution in [0.3, 0.4) is 0 Å². The lowest BCUT2D eigenvalue weighted by molar-refractivity contribution is -0.118. The Kier molecular flexibility index (Phi) is 4.74. The summed E-state index contributed by atoms with van der Waals surface area (Å²) in [6.45, 7) is 1.78. The van der Waals surface area contributed by atoms with Crippen LogP contribution in [0.25, 0.3) is 0 Å². The summed E-state index contributed by atoms with van der Waals surface area (Å²) in [5.74, 6) is -0.262. The molecule has 1 rings (SSSR count). The Hall–Kier alpha value is -0.410. The molecule has 0 bridgehead atoms. The average Bonchev–Trinajstić information content (AvgIpc) is 2.22. The normalized spacial score (nSPS) is 12.5. The SMILES string of the molecule is CCC(=O)C(Br)Cc1cc(Cl)ccc1F. The fourth-order valence-electron chi connectivity index (χ4n) is 1.23. The number of benzene rings is 1. The highest BCUT2D eigenvalue weighted by Crippen LogP contribution is 2.19. The number of carbonyl (C=O) groups excluding carboxylic acids is 1. The molecule has 4 heteroatoms. The molecule has 1 atom stereocenters. The lowest BCUT2D eigenvalue weighted by Gasteiger charge is -2.08. The molecule has 0 aliphatic rings. The first-order valence-corrected chi connectivity index (χ1v) is 5.94. The maximum atomic E-state index is 13.3. The van der Waals surface area contributed by atoms with Gasteiger partial charge >= 0.3 is 0 Å². The average molecular weight is 294 g/mol. The van der Waals surface area contributed by atoms with Crippen molar-refractivity contribution in [3.05, 3.63) is 34.6 Å². The summed E-state index contributed by atoms with van der Waals surface area (Å²) in [5, 5.41) is 0.482. The molecule has 0 aliphatic heterocycles. The molecule has 82 valence electrons. The van der Waals surface area contributed by atoms with Crippen LogP contribution >= 0.6 is 27.5 Å². The van der Waals surface area contributed by atoms with Crippen molar-refractivity contribution < 1.29 is 9.18 Å². The van der Waals surface area contributed by atoms with Gasteiger partial charge in [-0.1, -0.05) is 34.5 Å². The highest BCUT2D eigenvalue weighted by atomic mass is 79.9. The van der Waals surface area contributed by atoms with Gasteiger partial charge in [-0.25, -0.2) is 4.39 Å². The van der Waals surface area contributed by atoms with Gasteiger partial charge in [-0.2, -0.15) is 0 Å². The van der Waals surface area contributed by atoms with Crippen LogP contribution in [0.4, 0.5) is 4.39 Å². The second-order valence-electron chi connectivity index (χ2n) is 3.23. The minimum Gasteiger partial charge on any atom is -0.298 e. The number of Topliss-reactive ketones (excluding diaryl/α,β-unsaturated/α-hetero) is 1. The van der Waals surface area contributed by atoms with E-state index in [1.54, 1.807) is 13.0 Å². The molecule has 0 N–H and O–H groups in total. The number of hydrogen-bond acceptors (Lipinski definition) is 1. The summed E-state index contributed by atoms with van der Waals surface area (Å²) in [7, 11) is 0. The third-order valence-electron chi connectivity index (χ3n) is 2.10. The Morgan fingerprint density at radius 1 is 1.60 bits per heavy atom. The highest BCUT2D eigenvalue weighted by molar-refractivity contribution is 9.10. The molecule has 0 fully saturated rings. The Balaban J connectivity index is 2.80.